The van der Waals surface area contributed by atoms with Crippen molar-refractivity contribution in [1.29, 1.82) is 0 Å². The predicted octanol–water partition coefficient (Wildman–Crippen LogP) is 1.07. The lowest BCUT2D eigenvalue weighted by Gasteiger charge is -2.09. The van der Waals surface area contributed by atoms with E-state index in [1.807, 2.05) is 30.3 Å². The lowest BCUT2D eigenvalue weighted by Crippen LogP contribution is -2.41. The van der Waals surface area contributed by atoms with Crippen molar-refractivity contribution in [3.05, 3.63) is 35.9 Å². The maximum atomic E-state index is 11.2. The smallest absolute Gasteiger partial charge is 0.315 e. The van der Waals surface area contributed by atoms with Crippen LogP contribution in [0.25, 0.3) is 0 Å². The molecule has 1 rings (SSSR count). The minimum Gasteiger partial charge on any atom is -0.334 e. The van der Waals surface area contributed by atoms with Crippen LogP contribution < -0.4 is 10.6 Å². The van der Waals surface area contributed by atoms with Gasteiger partial charge in [-0.2, -0.15) is 0 Å². The van der Waals surface area contributed by atoms with E-state index in [0.717, 1.165) is 5.56 Å². The third-order valence-electron chi connectivity index (χ3n) is 1.86. The molecule has 4 heteroatoms. The number of aldehydes is 1. The van der Waals surface area contributed by atoms with E-state index >= 15 is 0 Å². The Morgan fingerprint density at radius 3 is 2.67 bits per heavy atom. The average Bonchev–Trinajstić information content (AvgIpc) is 2.27. The number of carbonyl (C=O) groups excluding carboxylic acids is 2. The molecule has 0 aliphatic heterocycles. The van der Waals surface area contributed by atoms with Crippen LogP contribution in [-0.2, 0) is 11.3 Å². The molecule has 4 nitrogen and oxygen atoms in total. The van der Waals surface area contributed by atoms with Crippen molar-refractivity contribution in [3.63, 3.8) is 0 Å². The first-order valence-electron chi connectivity index (χ1n) is 4.76. The van der Waals surface area contributed by atoms with Crippen molar-refractivity contribution in [1.82, 2.24) is 10.6 Å². The summed E-state index contributed by atoms with van der Waals surface area (Å²) in [5.74, 6) is 0. The maximum absolute atomic E-state index is 11.2. The molecule has 1 atom stereocenters. The summed E-state index contributed by atoms with van der Waals surface area (Å²) in [7, 11) is 0. The number of benzene rings is 1. The van der Waals surface area contributed by atoms with Gasteiger partial charge in [0.05, 0.1) is 6.04 Å². The number of carbonyl (C=O) groups is 2. The Morgan fingerprint density at radius 1 is 1.40 bits per heavy atom. The van der Waals surface area contributed by atoms with Gasteiger partial charge in [0.2, 0.25) is 0 Å². The summed E-state index contributed by atoms with van der Waals surface area (Å²) in [5, 5.41) is 5.14. The molecule has 1 aromatic carbocycles. The molecule has 0 radical (unpaired) electrons. The van der Waals surface area contributed by atoms with Crippen LogP contribution >= 0.6 is 0 Å². The first kappa shape index (κ1) is 11.2. The highest BCUT2D eigenvalue weighted by molar-refractivity contribution is 5.77. The van der Waals surface area contributed by atoms with E-state index in [1.165, 1.54) is 0 Å². The fourth-order valence-corrected chi connectivity index (χ4v) is 1.07. The van der Waals surface area contributed by atoms with Gasteiger partial charge in [-0.25, -0.2) is 4.79 Å². The van der Waals surface area contributed by atoms with Gasteiger partial charge in [0.15, 0.2) is 0 Å². The van der Waals surface area contributed by atoms with Crippen molar-refractivity contribution in [3.8, 4) is 0 Å². The van der Waals surface area contributed by atoms with Crippen LogP contribution in [0.5, 0.6) is 0 Å². The van der Waals surface area contributed by atoms with Crippen LogP contribution in [0.15, 0.2) is 30.3 Å². The number of urea groups is 1. The number of amides is 2. The summed E-state index contributed by atoms with van der Waals surface area (Å²) >= 11 is 0. The zero-order chi connectivity index (χ0) is 11.1. The van der Waals surface area contributed by atoms with E-state index in [9.17, 15) is 9.59 Å². The standard InChI is InChI=1S/C11H14N2O2/c1-9(8-14)13-11(15)12-7-10-5-3-2-4-6-10/h2-6,8-9H,7H2,1H3,(H2,12,13,15)/t9-/m0/s1. The molecule has 1 aromatic rings. The normalized spacial score (nSPS) is 11.5. The van der Waals surface area contributed by atoms with E-state index in [0.29, 0.717) is 12.8 Å². The Bertz CT molecular complexity index is 325. The SMILES string of the molecule is C[C@@H](C=O)NC(=O)NCc1ccccc1. The Morgan fingerprint density at radius 2 is 2.07 bits per heavy atom. The molecule has 2 amide bonds. The largest absolute Gasteiger partial charge is 0.334 e. The molecular weight excluding hydrogens is 192 g/mol. The number of hydrogen-bond donors (Lipinski definition) is 2. The molecule has 0 fully saturated rings. The minimum absolute atomic E-state index is 0.335. The zero-order valence-corrected chi connectivity index (χ0v) is 8.57. The molecule has 0 saturated heterocycles. The summed E-state index contributed by atoms with van der Waals surface area (Å²) in [4.78, 5) is 21.5. The average molecular weight is 206 g/mol. The summed E-state index contributed by atoms with van der Waals surface area (Å²) in [5.41, 5.74) is 1.02. The van der Waals surface area contributed by atoms with Crippen LogP contribution in [0.4, 0.5) is 4.79 Å². The third kappa shape index (κ3) is 4.26. The Hall–Kier alpha value is -1.84. The van der Waals surface area contributed by atoms with Gasteiger partial charge in [0.25, 0.3) is 0 Å². The van der Waals surface area contributed by atoms with Gasteiger partial charge in [0.1, 0.15) is 6.29 Å². The van der Waals surface area contributed by atoms with Crippen LogP contribution in [0.3, 0.4) is 0 Å². The maximum Gasteiger partial charge on any atom is 0.315 e. The van der Waals surface area contributed by atoms with E-state index < -0.39 is 6.04 Å². The van der Waals surface area contributed by atoms with Gasteiger partial charge in [-0.1, -0.05) is 30.3 Å². The van der Waals surface area contributed by atoms with E-state index in [-0.39, 0.29) is 6.03 Å². The van der Waals surface area contributed by atoms with Crippen molar-refractivity contribution < 1.29 is 9.59 Å². The lowest BCUT2D eigenvalue weighted by molar-refractivity contribution is -0.109. The van der Waals surface area contributed by atoms with Gasteiger partial charge in [-0.15, -0.1) is 0 Å². The quantitative estimate of drug-likeness (QED) is 0.724. The molecule has 0 bridgehead atoms. The second-order valence-electron chi connectivity index (χ2n) is 3.24. The first-order valence-corrected chi connectivity index (χ1v) is 4.76. The molecule has 0 unspecified atom stereocenters. The van der Waals surface area contributed by atoms with Gasteiger partial charge >= 0.3 is 6.03 Å². The Labute approximate surface area is 88.7 Å². The van der Waals surface area contributed by atoms with E-state index in [2.05, 4.69) is 10.6 Å². The second-order valence-corrected chi connectivity index (χ2v) is 3.24. The Kier molecular flexibility index (Phi) is 4.34. The molecule has 0 saturated carbocycles. The van der Waals surface area contributed by atoms with Crippen LogP contribution in [0, 0.1) is 0 Å². The third-order valence-corrected chi connectivity index (χ3v) is 1.86. The van der Waals surface area contributed by atoms with E-state index in [1.54, 1.807) is 6.92 Å². The van der Waals surface area contributed by atoms with E-state index in [4.69, 9.17) is 0 Å². The van der Waals surface area contributed by atoms with Crippen molar-refractivity contribution in [2.24, 2.45) is 0 Å². The van der Waals surface area contributed by atoms with Gasteiger partial charge in [0, 0.05) is 6.54 Å². The number of hydrogen-bond acceptors (Lipinski definition) is 2. The summed E-state index contributed by atoms with van der Waals surface area (Å²) in [6, 6.07) is 8.77. The molecular formula is C11H14N2O2. The molecule has 0 spiro atoms. The molecule has 0 aliphatic carbocycles. The molecule has 0 aromatic heterocycles. The van der Waals surface area contributed by atoms with Crippen molar-refractivity contribution in [2.45, 2.75) is 19.5 Å². The molecule has 2 N–H and O–H groups in total. The molecule has 0 heterocycles. The minimum atomic E-state index is -0.458. The van der Waals surface area contributed by atoms with Gasteiger partial charge < -0.3 is 15.4 Å². The van der Waals surface area contributed by atoms with Crippen LogP contribution in [0.1, 0.15) is 12.5 Å². The highest BCUT2D eigenvalue weighted by atomic mass is 16.2. The molecule has 80 valence electrons. The number of rotatable bonds is 4. The monoisotopic (exact) mass is 206 g/mol. The van der Waals surface area contributed by atoms with Gasteiger partial charge in [-0.3, -0.25) is 0 Å². The lowest BCUT2D eigenvalue weighted by atomic mass is 10.2. The van der Waals surface area contributed by atoms with Crippen molar-refractivity contribution in [2.75, 3.05) is 0 Å². The summed E-state index contributed by atoms with van der Waals surface area (Å²) in [6.07, 6.45) is 0.683. The molecule has 15 heavy (non-hydrogen) atoms. The van der Waals surface area contributed by atoms with Crippen LogP contribution in [0.2, 0.25) is 0 Å². The summed E-state index contributed by atoms with van der Waals surface area (Å²) < 4.78 is 0. The Balaban J connectivity index is 2.31. The van der Waals surface area contributed by atoms with Crippen molar-refractivity contribution >= 4 is 12.3 Å². The second kappa shape index (κ2) is 5.80. The topological polar surface area (TPSA) is 58.2 Å². The summed E-state index contributed by atoms with van der Waals surface area (Å²) in [6.45, 7) is 2.08. The van der Waals surface area contributed by atoms with Crippen LogP contribution in [-0.4, -0.2) is 18.4 Å². The zero-order valence-electron chi connectivity index (χ0n) is 8.57. The predicted molar refractivity (Wildman–Crippen MR) is 57.3 cm³/mol. The fraction of sp³-hybridized carbons (Fsp3) is 0.273. The highest BCUT2D eigenvalue weighted by Crippen LogP contribution is 1.96. The highest BCUT2D eigenvalue weighted by Gasteiger charge is 2.04. The fourth-order valence-electron chi connectivity index (χ4n) is 1.07. The molecule has 0 aliphatic rings. The van der Waals surface area contributed by atoms with Gasteiger partial charge in [-0.05, 0) is 12.5 Å². The first-order chi connectivity index (χ1) is 7.22. The number of nitrogens with one attached hydrogen (secondary N) is 2.